The molecule has 0 amide bonds. The predicted molar refractivity (Wildman–Crippen MR) is 110 cm³/mol. The van der Waals surface area contributed by atoms with Crippen LogP contribution < -0.4 is 4.90 Å². The summed E-state index contributed by atoms with van der Waals surface area (Å²) >= 11 is 0. The van der Waals surface area contributed by atoms with Gasteiger partial charge in [0.15, 0.2) is 0 Å². The smallest absolute Gasteiger partial charge is 0.416 e. The predicted octanol–water partition coefficient (Wildman–Crippen LogP) is 6.19. The fourth-order valence-electron chi connectivity index (χ4n) is 5.28. The number of anilines is 1. The zero-order valence-electron chi connectivity index (χ0n) is 17.1. The fourth-order valence-corrected chi connectivity index (χ4v) is 5.28. The number of piperidine rings is 1. The van der Waals surface area contributed by atoms with Crippen LogP contribution in [-0.4, -0.2) is 17.1 Å². The highest BCUT2D eigenvalue weighted by Crippen LogP contribution is 2.54. The Hall–Kier alpha value is -2.50. The normalized spacial score (nSPS) is 26.3. The first-order valence-corrected chi connectivity index (χ1v) is 10.4. The van der Waals surface area contributed by atoms with E-state index in [-0.39, 0.29) is 6.04 Å². The number of rotatable bonds is 4. The first-order chi connectivity index (χ1) is 14.1. The molecule has 4 rings (SSSR count). The maximum Gasteiger partial charge on any atom is 0.416 e. The monoisotopic (exact) mass is 417 g/mol. The number of alkyl halides is 3. The van der Waals surface area contributed by atoms with Crippen LogP contribution in [0.15, 0.2) is 48.5 Å². The van der Waals surface area contributed by atoms with Gasteiger partial charge in [0.1, 0.15) is 0 Å². The molecule has 160 valence electrons. The van der Waals surface area contributed by atoms with Gasteiger partial charge in [-0.2, -0.15) is 13.2 Å². The van der Waals surface area contributed by atoms with Crippen molar-refractivity contribution in [1.29, 1.82) is 0 Å². The van der Waals surface area contributed by atoms with E-state index in [1.54, 1.807) is 0 Å². The first-order valence-electron chi connectivity index (χ1n) is 10.4. The van der Waals surface area contributed by atoms with E-state index in [2.05, 4.69) is 43.0 Å². The number of aliphatic carboxylic acids is 1. The van der Waals surface area contributed by atoms with E-state index in [0.717, 1.165) is 36.2 Å². The molecule has 2 fully saturated rings. The van der Waals surface area contributed by atoms with Crippen LogP contribution in [0.5, 0.6) is 0 Å². The zero-order chi connectivity index (χ0) is 21.7. The highest BCUT2D eigenvalue weighted by Gasteiger charge is 2.54. The summed E-state index contributed by atoms with van der Waals surface area (Å²) < 4.78 is 39.2. The molecule has 3 nitrogen and oxygen atoms in total. The SMILES string of the molecule is CC(C)c1ccc(N2[C@H]3CC[C@@]2(c2ccc(C(F)(F)F)cc2)C[C@@H](C(=O)O)C3)cc1. The standard InChI is InChI=1S/C24H26F3NO2/c1-15(2)16-3-9-20(10-4-16)28-21-11-12-23(28,14-17(13-21)22(29)30)18-5-7-19(8-6-18)24(25,26)27/h3-10,15,17,21H,11-14H2,1-2H3,(H,29,30)/t17-,21-,23-/m0/s1. The van der Waals surface area contributed by atoms with Crippen molar-refractivity contribution in [2.75, 3.05) is 4.90 Å². The second kappa shape index (κ2) is 7.33. The van der Waals surface area contributed by atoms with E-state index in [9.17, 15) is 23.1 Å². The molecule has 2 heterocycles. The van der Waals surface area contributed by atoms with E-state index < -0.39 is 29.2 Å². The summed E-state index contributed by atoms with van der Waals surface area (Å²) in [6, 6.07) is 13.7. The number of benzene rings is 2. The van der Waals surface area contributed by atoms with E-state index in [1.165, 1.54) is 17.7 Å². The van der Waals surface area contributed by atoms with Gasteiger partial charge in [-0.05, 0) is 67.0 Å². The molecule has 30 heavy (non-hydrogen) atoms. The summed E-state index contributed by atoms with van der Waals surface area (Å²) in [6.07, 6.45) is -1.87. The molecule has 0 radical (unpaired) electrons. The Labute approximate surface area is 174 Å². The average molecular weight is 417 g/mol. The van der Waals surface area contributed by atoms with Crippen molar-refractivity contribution in [2.45, 2.75) is 63.2 Å². The highest BCUT2D eigenvalue weighted by molar-refractivity contribution is 5.72. The van der Waals surface area contributed by atoms with Crippen molar-refractivity contribution >= 4 is 11.7 Å². The lowest BCUT2D eigenvalue weighted by Crippen LogP contribution is -2.52. The molecule has 0 unspecified atom stereocenters. The third kappa shape index (κ3) is 3.46. The van der Waals surface area contributed by atoms with Crippen molar-refractivity contribution in [3.8, 4) is 0 Å². The largest absolute Gasteiger partial charge is 0.481 e. The summed E-state index contributed by atoms with van der Waals surface area (Å²) in [4.78, 5) is 14.1. The molecule has 2 bridgehead atoms. The van der Waals surface area contributed by atoms with Crippen LogP contribution in [-0.2, 0) is 16.5 Å². The highest BCUT2D eigenvalue weighted by atomic mass is 19.4. The second-order valence-electron chi connectivity index (χ2n) is 8.89. The van der Waals surface area contributed by atoms with Crippen LogP contribution in [0.1, 0.15) is 62.1 Å². The number of hydrogen-bond donors (Lipinski definition) is 1. The van der Waals surface area contributed by atoms with Gasteiger partial charge in [0, 0.05) is 11.7 Å². The molecule has 2 aromatic rings. The van der Waals surface area contributed by atoms with Gasteiger partial charge in [0.25, 0.3) is 0 Å². The minimum Gasteiger partial charge on any atom is -0.481 e. The molecule has 2 aliphatic rings. The molecular weight excluding hydrogens is 391 g/mol. The molecule has 0 aromatic heterocycles. The summed E-state index contributed by atoms with van der Waals surface area (Å²) in [5.74, 6) is -0.920. The molecular formula is C24H26F3NO2. The third-order valence-electron chi connectivity index (χ3n) is 6.79. The van der Waals surface area contributed by atoms with Crippen LogP contribution in [0.25, 0.3) is 0 Å². The van der Waals surface area contributed by atoms with Crippen molar-refractivity contribution in [3.05, 3.63) is 65.2 Å². The minimum absolute atomic E-state index is 0.0621. The molecule has 3 atom stereocenters. The van der Waals surface area contributed by atoms with Gasteiger partial charge in [-0.1, -0.05) is 38.1 Å². The number of nitrogens with zero attached hydrogens (tertiary/aromatic N) is 1. The Morgan fingerprint density at radius 2 is 1.73 bits per heavy atom. The van der Waals surface area contributed by atoms with Gasteiger partial charge in [-0.15, -0.1) is 0 Å². The number of hydrogen-bond acceptors (Lipinski definition) is 2. The lowest BCUT2D eigenvalue weighted by Gasteiger charge is -2.49. The van der Waals surface area contributed by atoms with Gasteiger partial charge < -0.3 is 10.0 Å². The van der Waals surface area contributed by atoms with Gasteiger partial charge in [-0.25, -0.2) is 0 Å². The lowest BCUT2D eigenvalue weighted by molar-refractivity contribution is -0.143. The second-order valence-corrected chi connectivity index (χ2v) is 8.89. The topological polar surface area (TPSA) is 40.5 Å². The Kier molecular flexibility index (Phi) is 5.07. The van der Waals surface area contributed by atoms with Gasteiger partial charge in [0.05, 0.1) is 17.0 Å². The number of carbonyl (C=O) groups is 1. The van der Waals surface area contributed by atoms with Crippen molar-refractivity contribution in [1.82, 2.24) is 0 Å². The van der Waals surface area contributed by atoms with E-state index >= 15 is 0 Å². The summed E-state index contributed by atoms with van der Waals surface area (Å²) in [6.45, 7) is 4.25. The Morgan fingerprint density at radius 1 is 1.10 bits per heavy atom. The molecule has 6 heteroatoms. The summed E-state index contributed by atoms with van der Waals surface area (Å²) in [7, 11) is 0. The molecule has 0 spiro atoms. The maximum absolute atomic E-state index is 13.1. The fraction of sp³-hybridized carbons (Fsp3) is 0.458. The van der Waals surface area contributed by atoms with Crippen molar-refractivity contribution in [2.24, 2.45) is 5.92 Å². The Bertz CT molecular complexity index is 921. The van der Waals surface area contributed by atoms with Crippen LogP contribution in [0.4, 0.5) is 18.9 Å². The van der Waals surface area contributed by atoms with E-state index in [1.807, 2.05) is 0 Å². The quantitative estimate of drug-likeness (QED) is 0.645. The molecule has 2 aromatic carbocycles. The minimum atomic E-state index is -4.39. The number of carboxylic acids is 1. The molecule has 2 saturated heterocycles. The maximum atomic E-state index is 13.1. The van der Waals surface area contributed by atoms with Crippen LogP contribution in [0, 0.1) is 5.92 Å². The number of fused-ring (bicyclic) bond motifs is 2. The first kappa shape index (κ1) is 20.8. The number of carboxylic acid groups (broad SMARTS) is 1. The molecule has 0 aliphatic carbocycles. The summed E-state index contributed by atoms with van der Waals surface area (Å²) in [5, 5.41) is 9.70. The van der Waals surface area contributed by atoms with E-state index in [0.29, 0.717) is 18.8 Å². The Balaban J connectivity index is 1.78. The van der Waals surface area contributed by atoms with Gasteiger partial charge in [0.2, 0.25) is 0 Å². The van der Waals surface area contributed by atoms with Crippen molar-refractivity contribution in [3.63, 3.8) is 0 Å². The van der Waals surface area contributed by atoms with Crippen LogP contribution >= 0.6 is 0 Å². The summed E-state index contributed by atoms with van der Waals surface area (Å²) in [5.41, 5.74) is 1.70. The Morgan fingerprint density at radius 3 is 2.27 bits per heavy atom. The van der Waals surface area contributed by atoms with Gasteiger partial charge in [-0.3, -0.25) is 4.79 Å². The third-order valence-corrected chi connectivity index (χ3v) is 6.79. The molecule has 1 N–H and O–H groups in total. The average Bonchev–Trinajstić information content (AvgIpc) is 2.94. The van der Waals surface area contributed by atoms with E-state index in [4.69, 9.17) is 0 Å². The number of halogens is 3. The van der Waals surface area contributed by atoms with Crippen LogP contribution in [0.2, 0.25) is 0 Å². The molecule has 0 saturated carbocycles. The molecule has 2 aliphatic heterocycles. The zero-order valence-corrected chi connectivity index (χ0v) is 17.1. The van der Waals surface area contributed by atoms with Crippen molar-refractivity contribution < 1.29 is 23.1 Å². The lowest BCUT2D eigenvalue weighted by atomic mass is 9.76. The van der Waals surface area contributed by atoms with Crippen LogP contribution in [0.3, 0.4) is 0 Å². The van der Waals surface area contributed by atoms with Gasteiger partial charge >= 0.3 is 12.1 Å².